The molecule has 0 spiro atoms. The van der Waals surface area contributed by atoms with Gasteiger partial charge in [0, 0.05) is 12.1 Å². The van der Waals surface area contributed by atoms with E-state index in [4.69, 9.17) is 0 Å². The lowest BCUT2D eigenvalue weighted by Crippen LogP contribution is -1.99. The molecule has 0 bridgehead atoms. The molecule has 0 saturated heterocycles. The van der Waals surface area contributed by atoms with Crippen molar-refractivity contribution in [1.29, 1.82) is 0 Å². The van der Waals surface area contributed by atoms with E-state index < -0.39 is 0 Å². The number of methoxy groups -OCH3 is 1. The van der Waals surface area contributed by atoms with Gasteiger partial charge in [-0.15, -0.1) is 0 Å². The molecule has 4 nitrogen and oxygen atoms in total. The second kappa shape index (κ2) is 6.89. The van der Waals surface area contributed by atoms with E-state index in [1.807, 2.05) is 6.07 Å². The molecule has 0 saturated carbocycles. The number of hydrogen-bond donors (Lipinski definition) is 1. The Balaban J connectivity index is 2.22. The molecule has 0 aliphatic rings. The number of aromatic nitrogens is 1. The minimum atomic E-state index is -0.149. The minimum absolute atomic E-state index is 0.149. The monoisotopic (exact) mass is 237 g/mol. The Bertz CT molecular complexity index is 377. The smallest absolute Gasteiger partial charge is 0.305 e. The maximum absolute atomic E-state index is 10.9. The third-order valence-electron chi connectivity index (χ3n) is 2.66. The summed E-state index contributed by atoms with van der Waals surface area (Å²) < 4.78 is 4.56. The lowest BCUT2D eigenvalue weighted by Gasteiger charge is -2.03. The van der Waals surface area contributed by atoms with Gasteiger partial charge in [0.05, 0.1) is 12.8 Å². The van der Waals surface area contributed by atoms with Crippen molar-refractivity contribution in [3.05, 3.63) is 23.5 Å². The molecule has 1 aromatic heterocycles. The summed E-state index contributed by atoms with van der Waals surface area (Å²) in [5, 5.41) is 9.33. The molecule has 0 radical (unpaired) electrons. The van der Waals surface area contributed by atoms with Gasteiger partial charge >= 0.3 is 5.97 Å². The summed E-state index contributed by atoms with van der Waals surface area (Å²) in [6.45, 7) is 1.79. The third kappa shape index (κ3) is 4.85. The highest BCUT2D eigenvalue weighted by Gasteiger charge is 2.02. The molecule has 1 heterocycles. The highest BCUT2D eigenvalue weighted by molar-refractivity contribution is 5.68. The maximum Gasteiger partial charge on any atom is 0.305 e. The van der Waals surface area contributed by atoms with Crippen molar-refractivity contribution in [3.63, 3.8) is 0 Å². The van der Waals surface area contributed by atoms with E-state index in [-0.39, 0.29) is 11.7 Å². The Morgan fingerprint density at radius 2 is 2.12 bits per heavy atom. The Hall–Kier alpha value is -1.58. The highest BCUT2D eigenvalue weighted by atomic mass is 16.5. The first-order chi connectivity index (χ1) is 8.13. The van der Waals surface area contributed by atoms with Gasteiger partial charge in [-0.25, -0.2) is 0 Å². The lowest BCUT2D eigenvalue weighted by molar-refractivity contribution is -0.140. The largest absolute Gasteiger partial charge is 0.506 e. The zero-order chi connectivity index (χ0) is 12.7. The first kappa shape index (κ1) is 13.5. The van der Waals surface area contributed by atoms with E-state index in [2.05, 4.69) is 9.72 Å². The fraction of sp³-hybridized carbons (Fsp3) is 0.538. The van der Waals surface area contributed by atoms with E-state index in [9.17, 15) is 9.90 Å². The van der Waals surface area contributed by atoms with Gasteiger partial charge in [-0.05, 0) is 38.3 Å². The standard InChI is InChI=1S/C13H19NO3/c1-10-12(15)9-8-11(14-10)6-4-3-5-7-13(16)17-2/h8-9,15H,3-7H2,1-2H3. The zero-order valence-corrected chi connectivity index (χ0v) is 10.4. The van der Waals surface area contributed by atoms with Crippen molar-refractivity contribution in [2.24, 2.45) is 0 Å². The predicted molar refractivity (Wildman–Crippen MR) is 64.8 cm³/mol. The Morgan fingerprint density at radius 3 is 2.76 bits per heavy atom. The van der Waals surface area contributed by atoms with Crippen LogP contribution in [0.15, 0.2) is 12.1 Å². The van der Waals surface area contributed by atoms with Gasteiger partial charge in [0.1, 0.15) is 5.75 Å². The summed E-state index contributed by atoms with van der Waals surface area (Å²) in [4.78, 5) is 15.1. The summed E-state index contributed by atoms with van der Waals surface area (Å²) in [6.07, 6.45) is 4.19. The molecule has 94 valence electrons. The van der Waals surface area contributed by atoms with Crippen molar-refractivity contribution in [3.8, 4) is 5.75 Å². The fourth-order valence-electron chi connectivity index (χ4n) is 1.60. The van der Waals surface area contributed by atoms with Crippen LogP contribution in [0.1, 0.15) is 37.1 Å². The molecule has 0 aromatic carbocycles. The molecule has 0 aliphatic carbocycles. The van der Waals surface area contributed by atoms with Crippen LogP contribution < -0.4 is 0 Å². The molecular weight excluding hydrogens is 218 g/mol. The number of aromatic hydroxyl groups is 1. The van der Waals surface area contributed by atoms with Crippen LogP contribution >= 0.6 is 0 Å². The first-order valence-corrected chi connectivity index (χ1v) is 5.86. The van der Waals surface area contributed by atoms with Gasteiger partial charge in [0.25, 0.3) is 0 Å². The van der Waals surface area contributed by atoms with Crippen LogP contribution in [0.3, 0.4) is 0 Å². The number of ether oxygens (including phenoxy) is 1. The average molecular weight is 237 g/mol. The van der Waals surface area contributed by atoms with Crippen LogP contribution in [-0.2, 0) is 16.0 Å². The van der Waals surface area contributed by atoms with Crippen LogP contribution in [0.25, 0.3) is 0 Å². The number of aryl methyl sites for hydroxylation is 2. The highest BCUT2D eigenvalue weighted by Crippen LogP contribution is 2.14. The number of esters is 1. The van der Waals surface area contributed by atoms with E-state index in [0.717, 1.165) is 31.4 Å². The van der Waals surface area contributed by atoms with E-state index in [1.54, 1.807) is 13.0 Å². The number of rotatable bonds is 6. The summed E-state index contributed by atoms with van der Waals surface area (Å²) in [6, 6.07) is 3.51. The lowest BCUT2D eigenvalue weighted by atomic mass is 10.1. The minimum Gasteiger partial charge on any atom is -0.506 e. The van der Waals surface area contributed by atoms with Crippen LogP contribution in [0.4, 0.5) is 0 Å². The van der Waals surface area contributed by atoms with Gasteiger partial charge in [0.2, 0.25) is 0 Å². The van der Waals surface area contributed by atoms with Crippen molar-refractivity contribution in [2.45, 2.75) is 39.0 Å². The SMILES string of the molecule is COC(=O)CCCCCc1ccc(O)c(C)n1. The fourth-order valence-corrected chi connectivity index (χ4v) is 1.60. The number of nitrogens with zero attached hydrogens (tertiary/aromatic N) is 1. The van der Waals surface area contributed by atoms with Gasteiger partial charge in [-0.2, -0.15) is 0 Å². The van der Waals surface area contributed by atoms with Crippen LogP contribution in [0.2, 0.25) is 0 Å². The average Bonchev–Trinajstić information content (AvgIpc) is 2.33. The number of pyridine rings is 1. The number of unbranched alkanes of at least 4 members (excludes halogenated alkanes) is 2. The van der Waals surface area contributed by atoms with Crippen LogP contribution in [-0.4, -0.2) is 23.2 Å². The summed E-state index contributed by atoms with van der Waals surface area (Å²) >= 11 is 0. The molecule has 1 rings (SSSR count). The van der Waals surface area contributed by atoms with Crippen molar-refractivity contribution in [2.75, 3.05) is 7.11 Å². The molecule has 17 heavy (non-hydrogen) atoms. The summed E-state index contributed by atoms with van der Waals surface area (Å²) in [5.41, 5.74) is 1.65. The molecule has 0 atom stereocenters. The van der Waals surface area contributed by atoms with Crippen molar-refractivity contribution in [1.82, 2.24) is 4.98 Å². The Kier molecular flexibility index (Phi) is 5.46. The van der Waals surface area contributed by atoms with Gasteiger partial charge < -0.3 is 9.84 Å². The van der Waals surface area contributed by atoms with Crippen molar-refractivity contribution < 1.29 is 14.6 Å². The Labute approximate surface area is 102 Å². The summed E-state index contributed by atoms with van der Waals surface area (Å²) in [5.74, 6) is 0.0862. The second-order valence-electron chi connectivity index (χ2n) is 4.04. The topological polar surface area (TPSA) is 59.4 Å². The molecule has 0 amide bonds. The second-order valence-corrected chi connectivity index (χ2v) is 4.04. The maximum atomic E-state index is 10.9. The van der Waals surface area contributed by atoms with Gasteiger partial charge in [-0.3, -0.25) is 9.78 Å². The Morgan fingerprint density at radius 1 is 1.35 bits per heavy atom. The van der Waals surface area contributed by atoms with Gasteiger partial charge in [0.15, 0.2) is 0 Å². The van der Waals surface area contributed by atoms with Gasteiger partial charge in [-0.1, -0.05) is 6.42 Å². The first-order valence-electron chi connectivity index (χ1n) is 5.86. The molecule has 0 aliphatic heterocycles. The summed E-state index contributed by atoms with van der Waals surface area (Å²) in [7, 11) is 1.41. The number of hydrogen-bond acceptors (Lipinski definition) is 4. The van der Waals surface area contributed by atoms with Crippen LogP contribution in [0.5, 0.6) is 5.75 Å². The zero-order valence-electron chi connectivity index (χ0n) is 10.4. The predicted octanol–water partition coefficient (Wildman–Crippen LogP) is 2.37. The van der Waals surface area contributed by atoms with Crippen molar-refractivity contribution >= 4 is 5.97 Å². The van der Waals surface area contributed by atoms with Crippen LogP contribution in [0, 0.1) is 6.92 Å². The molecule has 4 heteroatoms. The van der Waals surface area contributed by atoms with E-state index in [0.29, 0.717) is 12.1 Å². The molecular formula is C13H19NO3. The molecule has 1 N–H and O–H groups in total. The molecule has 0 unspecified atom stereocenters. The number of carbonyl (C=O) groups is 1. The molecule has 0 fully saturated rings. The van der Waals surface area contributed by atoms with E-state index >= 15 is 0 Å². The number of carbonyl (C=O) groups excluding carboxylic acids is 1. The quantitative estimate of drug-likeness (QED) is 0.609. The third-order valence-corrected chi connectivity index (χ3v) is 2.66. The van der Waals surface area contributed by atoms with E-state index in [1.165, 1.54) is 7.11 Å². The molecule has 1 aromatic rings. The normalized spacial score (nSPS) is 10.2.